The number of carboxylic acids is 1. The van der Waals surface area contributed by atoms with Gasteiger partial charge in [0.2, 0.25) is 0 Å². The number of nitrogens with zero attached hydrogens (tertiary/aromatic N) is 2. The molecule has 2 heterocycles. The molecule has 2 rings (SSSR count). The number of aromatic carboxylic acids is 1. The molecule has 7 nitrogen and oxygen atoms in total. The molecule has 98 valence electrons. The Morgan fingerprint density at radius 2 is 2.16 bits per heavy atom. The number of carbonyl (C=O) groups excluding carboxylic acids is 1. The fraction of sp³-hybridized carbons (Fsp3) is 0.167. The van der Waals surface area contributed by atoms with Crippen molar-refractivity contribution >= 4 is 11.9 Å². The van der Waals surface area contributed by atoms with Gasteiger partial charge >= 0.3 is 5.97 Å². The maximum Gasteiger partial charge on any atom is 0.354 e. The van der Waals surface area contributed by atoms with Crippen LogP contribution in [0.3, 0.4) is 0 Å². The van der Waals surface area contributed by atoms with E-state index in [1.54, 1.807) is 6.20 Å². The van der Waals surface area contributed by atoms with Crippen molar-refractivity contribution in [2.45, 2.75) is 13.5 Å². The third-order valence-electron chi connectivity index (χ3n) is 2.49. The number of carboxylic acid groups (broad SMARTS) is 1. The minimum absolute atomic E-state index is 0.132. The second-order valence-corrected chi connectivity index (χ2v) is 3.92. The first-order chi connectivity index (χ1) is 9.08. The quantitative estimate of drug-likeness (QED) is 0.751. The molecule has 0 aliphatic heterocycles. The highest BCUT2D eigenvalue weighted by molar-refractivity contribution is 6.02. The van der Waals surface area contributed by atoms with E-state index in [9.17, 15) is 9.59 Å². The number of aromatic nitrogens is 3. The van der Waals surface area contributed by atoms with Crippen LogP contribution in [0.2, 0.25) is 0 Å². The third-order valence-corrected chi connectivity index (χ3v) is 2.49. The Balaban J connectivity index is 2.03. The first-order valence-corrected chi connectivity index (χ1v) is 5.54. The molecule has 1 amide bonds. The molecule has 0 unspecified atom stereocenters. The van der Waals surface area contributed by atoms with Crippen molar-refractivity contribution in [2.75, 3.05) is 0 Å². The molecular formula is C12H12N4O3. The zero-order valence-corrected chi connectivity index (χ0v) is 10.2. The number of hydrogen-bond acceptors (Lipinski definition) is 4. The molecular weight excluding hydrogens is 248 g/mol. The minimum atomic E-state index is -1.22. The van der Waals surface area contributed by atoms with Crippen molar-refractivity contribution in [3.8, 4) is 0 Å². The summed E-state index contributed by atoms with van der Waals surface area (Å²) in [7, 11) is 0. The Morgan fingerprint density at radius 1 is 1.37 bits per heavy atom. The summed E-state index contributed by atoms with van der Waals surface area (Å²) in [4.78, 5) is 32.8. The number of H-pyrrole nitrogens is 1. The van der Waals surface area contributed by atoms with E-state index in [-0.39, 0.29) is 17.9 Å². The van der Waals surface area contributed by atoms with Gasteiger partial charge in [-0.2, -0.15) is 0 Å². The maximum absolute atomic E-state index is 11.8. The summed E-state index contributed by atoms with van der Waals surface area (Å²) in [5.74, 6) is -1.76. The number of imidazole rings is 1. The highest BCUT2D eigenvalue weighted by Crippen LogP contribution is 2.04. The van der Waals surface area contributed by atoms with Gasteiger partial charge < -0.3 is 15.4 Å². The molecule has 0 saturated carbocycles. The van der Waals surface area contributed by atoms with Crippen molar-refractivity contribution in [1.29, 1.82) is 0 Å². The number of rotatable bonds is 4. The monoisotopic (exact) mass is 260 g/mol. The molecule has 3 N–H and O–H groups in total. The molecule has 0 saturated heterocycles. The van der Waals surface area contributed by atoms with Gasteiger partial charge in [0, 0.05) is 18.4 Å². The summed E-state index contributed by atoms with van der Waals surface area (Å²) in [5, 5.41) is 11.4. The molecule has 0 bridgehead atoms. The number of hydrogen-bond donors (Lipinski definition) is 3. The van der Waals surface area contributed by atoms with E-state index in [2.05, 4.69) is 20.3 Å². The van der Waals surface area contributed by atoms with E-state index in [0.29, 0.717) is 0 Å². The zero-order chi connectivity index (χ0) is 13.8. The standard InChI is InChI=1S/C12H12N4O3/c1-7-2-3-8(4-13-7)5-14-11(17)9-10(12(18)19)16-6-15-9/h2-4,6H,5H2,1H3,(H,14,17)(H,15,16)(H,18,19). The van der Waals surface area contributed by atoms with Crippen molar-refractivity contribution in [1.82, 2.24) is 20.3 Å². The van der Waals surface area contributed by atoms with Gasteiger partial charge in [0.05, 0.1) is 6.33 Å². The zero-order valence-electron chi connectivity index (χ0n) is 10.2. The lowest BCUT2D eigenvalue weighted by Gasteiger charge is -2.04. The lowest BCUT2D eigenvalue weighted by molar-refractivity contribution is 0.0685. The summed E-state index contributed by atoms with van der Waals surface area (Å²) in [6.45, 7) is 2.13. The molecule has 0 spiro atoms. The van der Waals surface area contributed by atoms with Crippen LogP contribution >= 0.6 is 0 Å². The van der Waals surface area contributed by atoms with Crippen LogP contribution in [0.15, 0.2) is 24.7 Å². The Kier molecular flexibility index (Phi) is 3.56. The topological polar surface area (TPSA) is 108 Å². The lowest BCUT2D eigenvalue weighted by atomic mass is 10.2. The highest BCUT2D eigenvalue weighted by Gasteiger charge is 2.19. The molecule has 0 aliphatic carbocycles. The molecule has 2 aromatic heterocycles. The van der Waals surface area contributed by atoms with E-state index in [1.165, 1.54) is 6.33 Å². The second kappa shape index (κ2) is 5.30. The van der Waals surface area contributed by atoms with Crippen LogP contribution in [-0.4, -0.2) is 31.9 Å². The van der Waals surface area contributed by atoms with Gasteiger partial charge in [-0.3, -0.25) is 9.78 Å². The number of nitrogens with one attached hydrogen (secondary N) is 2. The Hall–Kier alpha value is -2.70. The van der Waals surface area contributed by atoms with Crippen molar-refractivity contribution < 1.29 is 14.7 Å². The Labute approximate surface area is 108 Å². The molecule has 0 atom stereocenters. The van der Waals surface area contributed by atoms with Crippen LogP contribution in [0, 0.1) is 6.92 Å². The highest BCUT2D eigenvalue weighted by atomic mass is 16.4. The minimum Gasteiger partial charge on any atom is -0.477 e. The predicted octanol–water partition coefficient (Wildman–Crippen LogP) is 0.741. The van der Waals surface area contributed by atoms with Gasteiger partial charge in [0.15, 0.2) is 11.4 Å². The van der Waals surface area contributed by atoms with Crippen LogP contribution < -0.4 is 5.32 Å². The molecule has 0 radical (unpaired) electrons. The van der Waals surface area contributed by atoms with Crippen molar-refractivity contribution in [3.05, 3.63) is 47.3 Å². The average molecular weight is 260 g/mol. The number of amides is 1. The first-order valence-electron chi connectivity index (χ1n) is 5.54. The number of pyridine rings is 1. The largest absolute Gasteiger partial charge is 0.477 e. The summed E-state index contributed by atoms with van der Waals surface area (Å²) in [5.41, 5.74) is 1.36. The fourth-order valence-electron chi connectivity index (χ4n) is 1.50. The number of carbonyl (C=O) groups is 2. The van der Waals surface area contributed by atoms with E-state index in [0.717, 1.165) is 11.3 Å². The van der Waals surface area contributed by atoms with Gasteiger partial charge in [-0.1, -0.05) is 6.07 Å². The molecule has 7 heteroatoms. The fourth-order valence-corrected chi connectivity index (χ4v) is 1.50. The summed E-state index contributed by atoms with van der Waals surface area (Å²) >= 11 is 0. The van der Waals surface area contributed by atoms with Crippen LogP contribution in [0.5, 0.6) is 0 Å². The second-order valence-electron chi connectivity index (χ2n) is 3.92. The third kappa shape index (κ3) is 2.95. The van der Waals surface area contributed by atoms with E-state index < -0.39 is 11.9 Å². The smallest absolute Gasteiger partial charge is 0.354 e. The molecule has 0 aliphatic rings. The normalized spacial score (nSPS) is 10.2. The average Bonchev–Trinajstić information content (AvgIpc) is 2.87. The van der Waals surface area contributed by atoms with Gasteiger partial charge in [0.25, 0.3) is 5.91 Å². The van der Waals surface area contributed by atoms with E-state index in [4.69, 9.17) is 5.11 Å². The summed E-state index contributed by atoms with van der Waals surface area (Å²) in [6, 6.07) is 3.67. The van der Waals surface area contributed by atoms with Crippen LogP contribution in [0.1, 0.15) is 32.2 Å². The molecule has 0 aromatic carbocycles. The summed E-state index contributed by atoms with van der Waals surface area (Å²) in [6.07, 6.45) is 2.82. The van der Waals surface area contributed by atoms with Gasteiger partial charge in [-0.15, -0.1) is 0 Å². The molecule has 19 heavy (non-hydrogen) atoms. The van der Waals surface area contributed by atoms with Gasteiger partial charge in [0.1, 0.15) is 0 Å². The SMILES string of the molecule is Cc1ccc(CNC(=O)c2nc[nH]c2C(=O)O)cn1. The molecule has 0 fully saturated rings. The van der Waals surface area contributed by atoms with E-state index in [1.807, 2.05) is 19.1 Å². The van der Waals surface area contributed by atoms with Gasteiger partial charge in [-0.25, -0.2) is 9.78 Å². The van der Waals surface area contributed by atoms with E-state index >= 15 is 0 Å². The van der Waals surface area contributed by atoms with Crippen LogP contribution in [0.25, 0.3) is 0 Å². The molecule has 2 aromatic rings. The van der Waals surface area contributed by atoms with Crippen molar-refractivity contribution in [3.63, 3.8) is 0 Å². The van der Waals surface area contributed by atoms with Gasteiger partial charge in [-0.05, 0) is 18.6 Å². The Bertz CT molecular complexity index is 604. The number of aromatic amines is 1. The number of aryl methyl sites for hydroxylation is 1. The van der Waals surface area contributed by atoms with Crippen molar-refractivity contribution in [2.24, 2.45) is 0 Å². The first kappa shape index (κ1) is 12.7. The maximum atomic E-state index is 11.8. The Morgan fingerprint density at radius 3 is 2.79 bits per heavy atom. The lowest BCUT2D eigenvalue weighted by Crippen LogP contribution is -2.25. The summed E-state index contributed by atoms with van der Waals surface area (Å²) < 4.78 is 0. The van der Waals surface area contributed by atoms with Crippen LogP contribution in [-0.2, 0) is 6.54 Å². The predicted molar refractivity (Wildman–Crippen MR) is 65.7 cm³/mol. The van der Waals surface area contributed by atoms with Crippen LogP contribution in [0.4, 0.5) is 0 Å².